The van der Waals surface area contributed by atoms with Crippen LogP contribution in [0.1, 0.15) is 44.4 Å². The van der Waals surface area contributed by atoms with Gasteiger partial charge in [-0.2, -0.15) is 0 Å². The maximum atomic E-state index is 12.8. The average molecular weight is 408 g/mol. The molecule has 158 valence electrons. The van der Waals surface area contributed by atoms with Crippen LogP contribution in [0.4, 0.5) is 11.7 Å². The fourth-order valence-electron chi connectivity index (χ4n) is 5.57. The van der Waals surface area contributed by atoms with Crippen LogP contribution in [0.5, 0.6) is 0 Å². The summed E-state index contributed by atoms with van der Waals surface area (Å²) in [7, 11) is 0. The fraction of sp³-hybridized carbons (Fsp3) is 0.609. The second-order valence-corrected chi connectivity index (χ2v) is 9.73. The third-order valence-corrected chi connectivity index (χ3v) is 7.84. The molecular formula is C23H29N5O2. The molecule has 2 aliphatic carbocycles. The molecule has 2 saturated carbocycles. The number of amides is 1. The quantitative estimate of drug-likeness (QED) is 0.821. The highest BCUT2D eigenvalue weighted by Gasteiger charge is 2.59. The van der Waals surface area contributed by atoms with Crippen molar-refractivity contribution in [3.05, 3.63) is 36.2 Å². The van der Waals surface area contributed by atoms with Gasteiger partial charge in [-0.15, -0.1) is 5.10 Å². The summed E-state index contributed by atoms with van der Waals surface area (Å²) in [6.07, 6.45) is 5.00. The van der Waals surface area contributed by atoms with Crippen LogP contribution in [0.15, 0.2) is 34.7 Å². The lowest BCUT2D eigenvalue weighted by atomic mass is 9.93. The summed E-state index contributed by atoms with van der Waals surface area (Å²) in [6, 6.07) is 10.6. The third-order valence-electron chi connectivity index (χ3n) is 7.84. The van der Waals surface area contributed by atoms with Crippen LogP contribution < -0.4 is 10.2 Å². The number of nitrogens with zero attached hydrogens (tertiary/aromatic N) is 4. The molecule has 7 nitrogen and oxygen atoms in total. The van der Waals surface area contributed by atoms with Gasteiger partial charge < -0.3 is 19.5 Å². The number of para-hydroxylation sites is 1. The molecule has 3 unspecified atom stereocenters. The molecule has 1 amide bonds. The van der Waals surface area contributed by atoms with E-state index in [0.717, 1.165) is 39.0 Å². The van der Waals surface area contributed by atoms with Crippen molar-refractivity contribution in [2.75, 3.05) is 36.4 Å². The second-order valence-electron chi connectivity index (χ2n) is 9.73. The Morgan fingerprint density at radius 2 is 1.80 bits per heavy atom. The number of rotatable bonds is 5. The van der Waals surface area contributed by atoms with E-state index in [4.69, 9.17) is 4.42 Å². The summed E-state index contributed by atoms with van der Waals surface area (Å²) in [6.45, 7) is 5.72. The number of hydrogen-bond acceptors (Lipinski definition) is 6. The molecule has 3 atom stereocenters. The zero-order valence-corrected chi connectivity index (χ0v) is 17.5. The standard InChI is InChI=1S/C23H29N5O2/c1-15(21(29)27-11-9-23(7-8-23)10-12-27)24-22-26-25-20(30-22)19-17-13-28(14-18(17)19)16-5-3-2-4-6-16/h2-6,15,17-19H,7-14H2,1H3,(H,24,26). The minimum Gasteiger partial charge on any atom is -0.408 e. The van der Waals surface area contributed by atoms with E-state index in [1.807, 2.05) is 11.8 Å². The van der Waals surface area contributed by atoms with Crippen LogP contribution in [-0.2, 0) is 4.79 Å². The predicted molar refractivity (Wildman–Crippen MR) is 113 cm³/mol. The van der Waals surface area contributed by atoms with Gasteiger partial charge in [-0.25, -0.2) is 0 Å². The number of piperidine rings is 2. The SMILES string of the molecule is CC(Nc1nnc(C2C3CN(c4ccccc4)CC32)o1)C(=O)N1CCC2(CC1)CC2. The van der Waals surface area contributed by atoms with E-state index in [-0.39, 0.29) is 11.9 Å². The first-order valence-corrected chi connectivity index (χ1v) is 11.3. The Kier molecular flexibility index (Phi) is 4.08. The van der Waals surface area contributed by atoms with E-state index in [1.54, 1.807) is 0 Å². The summed E-state index contributed by atoms with van der Waals surface area (Å²) in [5.41, 5.74) is 1.86. The van der Waals surface area contributed by atoms with E-state index < -0.39 is 0 Å². The van der Waals surface area contributed by atoms with Crippen molar-refractivity contribution < 1.29 is 9.21 Å². The van der Waals surface area contributed by atoms with Crippen molar-refractivity contribution in [1.82, 2.24) is 15.1 Å². The molecular weight excluding hydrogens is 378 g/mol. The van der Waals surface area contributed by atoms with E-state index in [1.165, 1.54) is 18.5 Å². The number of benzene rings is 1. The molecule has 1 spiro atoms. The largest absolute Gasteiger partial charge is 0.408 e. The summed E-state index contributed by atoms with van der Waals surface area (Å²) >= 11 is 0. The van der Waals surface area contributed by atoms with Gasteiger partial charge in [-0.05, 0) is 62.0 Å². The van der Waals surface area contributed by atoms with E-state index in [9.17, 15) is 4.79 Å². The van der Waals surface area contributed by atoms with Crippen molar-refractivity contribution in [2.24, 2.45) is 17.3 Å². The number of fused-ring (bicyclic) bond motifs is 1. The molecule has 2 aromatic rings. The second kappa shape index (κ2) is 6.72. The summed E-state index contributed by atoms with van der Waals surface area (Å²) in [5, 5.41) is 11.6. The van der Waals surface area contributed by atoms with Crippen LogP contribution in [0, 0.1) is 17.3 Å². The molecule has 1 N–H and O–H groups in total. The Labute approximate surface area is 176 Å². The third kappa shape index (κ3) is 3.15. The minimum absolute atomic E-state index is 0.132. The molecule has 1 aromatic heterocycles. The zero-order chi connectivity index (χ0) is 20.3. The number of aromatic nitrogens is 2. The van der Waals surface area contributed by atoms with Crippen molar-refractivity contribution in [3.8, 4) is 0 Å². The average Bonchev–Trinajstić information content (AvgIpc) is 3.55. The van der Waals surface area contributed by atoms with Gasteiger partial charge >= 0.3 is 6.01 Å². The van der Waals surface area contributed by atoms with Gasteiger partial charge in [0.15, 0.2) is 0 Å². The number of nitrogens with one attached hydrogen (secondary N) is 1. The first-order chi connectivity index (χ1) is 14.6. The molecule has 30 heavy (non-hydrogen) atoms. The molecule has 7 heteroatoms. The van der Waals surface area contributed by atoms with E-state index in [2.05, 4.69) is 50.7 Å². The molecule has 0 bridgehead atoms. The van der Waals surface area contributed by atoms with Gasteiger partial charge in [0.1, 0.15) is 6.04 Å². The van der Waals surface area contributed by atoms with Gasteiger partial charge in [-0.3, -0.25) is 4.79 Å². The lowest BCUT2D eigenvalue weighted by Crippen LogP contribution is -2.45. The zero-order valence-electron chi connectivity index (χ0n) is 17.5. The van der Waals surface area contributed by atoms with Crippen molar-refractivity contribution >= 4 is 17.6 Å². The molecule has 1 aromatic carbocycles. The van der Waals surface area contributed by atoms with Gasteiger partial charge in [0.2, 0.25) is 11.8 Å². The van der Waals surface area contributed by atoms with Crippen molar-refractivity contribution in [1.29, 1.82) is 0 Å². The minimum atomic E-state index is -0.348. The van der Waals surface area contributed by atoms with Crippen LogP contribution in [0.3, 0.4) is 0 Å². The fourth-order valence-corrected chi connectivity index (χ4v) is 5.57. The number of anilines is 2. The Hall–Kier alpha value is -2.57. The number of carbonyl (C=O) groups excluding carboxylic acids is 1. The maximum Gasteiger partial charge on any atom is 0.316 e. The molecule has 2 aliphatic heterocycles. The van der Waals surface area contributed by atoms with Gasteiger partial charge in [0, 0.05) is 37.8 Å². The normalized spacial score (nSPS) is 29.6. The number of hydrogen-bond donors (Lipinski definition) is 1. The van der Waals surface area contributed by atoms with Crippen molar-refractivity contribution in [2.45, 2.75) is 44.6 Å². The highest BCUT2D eigenvalue weighted by Crippen LogP contribution is 2.58. The van der Waals surface area contributed by atoms with Crippen molar-refractivity contribution in [3.63, 3.8) is 0 Å². The molecule has 4 fully saturated rings. The monoisotopic (exact) mass is 407 g/mol. The Balaban J connectivity index is 1.03. The lowest BCUT2D eigenvalue weighted by Gasteiger charge is -2.33. The molecule has 2 saturated heterocycles. The number of carbonyl (C=O) groups is 1. The molecule has 6 rings (SSSR count). The first kappa shape index (κ1) is 18.2. The molecule has 3 heterocycles. The first-order valence-electron chi connectivity index (χ1n) is 11.3. The van der Waals surface area contributed by atoms with E-state index in [0.29, 0.717) is 35.1 Å². The maximum absolute atomic E-state index is 12.8. The number of likely N-dealkylation sites (tertiary alicyclic amines) is 1. The topological polar surface area (TPSA) is 74.5 Å². The van der Waals surface area contributed by atoms with Crippen LogP contribution in [0.25, 0.3) is 0 Å². The smallest absolute Gasteiger partial charge is 0.316 e. The van der Waals surface area contributed by atoms with Crippen LogP contribution in [-0.4, -0.2) is 53.2 Å². The summed E-state index contributed by atoms with van der Waals surface area (Å²) in [5.74, 6) is 2.37. The van der Waals surface area contributed by atoms with Gasteiger partial charge in [0.05, 0.1) is 0 Å². The van der Waals surface area contributed by atoms with Crippen LogP contribution >= 0.6 is 0 Å². The lowest BCUT2D eigenvalue weighted by molar-refractivity contribution is -0.133. The summed E-state index contributed by atoms with van der Waals surface area (Å²) < 4.78 is 5.91. The highest BCUT2D eigenvalue weighted by molar-refractivity contribution is 5.83. The van der Waals surface area contributed by atoms with Crippen LogP contribution in [0.2, 0.25) is 0 Å². The Morgan fingerprint density at radius 1 is 1.10 bits per heavy atom. The van der Waals surface area contributed by atoms with Gasteiger partial charge in [-0.1, -0.05) is 23.3 Å². The highest BCUT2D eigenvalue weighted by atomic mass is 16.4. The molecule has 4 aliphatic rings. The Morgan fingerprint density at radius 3 is 2.47 bits per heavy atom. The summed E-state index contributed by atoms with van der Waals surface area (Å²) in [4.78, 5) is 17.2. The van der Waals surface area contributed by atoms with Gasteiger partial charge in [0.25, 0.3) is 0 Å². The van der Waals surface area contributed by atoms with E-state index >= 15 is 0 Å². The molecule has 0 radical (unpaired) electrons. The Bertz CT molecular complexity index is 918. The predicted octanol–water partition coefficient (Wildman–Crippen LogP) is 3.12.